The molecule has 1 unspecified atom stereocenters. The molecule has 1 aromatic heterocycles. The minimum absolute atomic E-state index is 0.218. The fraction of sp³-hybridized carbons (Fsp3) is 0.0909. The Morgan fingerprint density at radius 1 is 1.00 bits per heavy atom. The second-order valence-electron chi connectivity index (χ2n) is 3.15. The van der Waals surface area contributed by atoms with Gasteiger partial charge in [-0.05, 0) is 49.6 Å². The summed E-state index contributed by atoms with van der Waals surface area (Å²) in [6.45, 7) is 0. The quantitative estimate of drug-likeness (QED) is 0.421. The van der Waals surface area contributed by atoms with Gasteiger partial charge < -0.3 is 0 Å². The van der Waals surface area contributed by atoms with Gasteiger partial charge >= 0.3 is 0 Å². The zero-order chi connectivity index (χ0) is 11.7. The number of rotatable bonds is 2. The third-order valence-corrected chi connectivity index (χ3v) is 7.43. The lowest BCUT2D eigenvalue weighted by atomic mass is 10.1. The van der Waals surface area contributed by atoms with Gasteiger partial charge in [-0.15, -0.1) is 11.3 Å². The first-order valence-electron chi connectivity index (χ1n) is 4.43. The average molecular weight is 490 g/mol. The molecule has 1 heterocycles. The summed E-state index contributed by atoms with van der Waals surface area (Å²) in [5.74, 6) is 0. The summed E-state index contributed by atoms with van der Waals surface area (Å²) in [4.78, 5) is 1.49. The first-order valence-corrected chi connectivity index (χ1v) is 8.54. The number of halogens is 4. The van der Waals surface area contributed by atoms with E-state index in [1.165, 1.54) is 10.4 Å². The van der Waals surface area contributed by atoms with Crippen LogP contribution in [0.5, 0.6) is 0 Å². The molecule has 0 aliphatic carbocycles. The second-order valence-corrected chi connectivity index (χ2v) is 8.18. The molecular formula is C11H6Br4S. The molecule has 2 aromatic rings. The molecule has 0 saturated carbocycles. The van der Waals surface area contributed by atoms with Crippen molar-refractivity contribution in [3.05, 3.63) is 53.5 Å². The summed E-state index contributed by atoms with van der Waals surface area (Å²) < 4.78 is 3.35. The summed E-state index contributed by atoms with van der Waals surface area (Å²) in [6.07, 6.45) is 0. The zero-order valence-corrected chi connectivity index (χ0v) is 15.0. The fourth-order valence-corrected chi connectivity index (χ4v) is 5.04. The lowest BCUT2D eigenvalue weighted by molar-refractivity contribution is 1.21. The van der Waals surface area contributed by atoms with E-state index in [-0.39, 0.29) is 4.83 Å². The van der Waals surface area contributed by atoms with Crippen LogP contribution in [0, 0.1) is 0 Å². The van der Waals surface area contributed by atoms with Crippen LogP contribution in [0.25, 0.3) is 0 Å². The van der Waals surface area contributed by atoms with E-state index in [0.717, 1.165) is 12.7 Å². The second kappa shape index (κ2) is 5.65. The van der Waals surface area contributed by atoms with Crippen molar-refractivity contribution in [2.24, 2.45) is 0 Å². The molecule has 0 N–H and O–H groups in total. The minimum atomic E-state index is 0.218. The molecule has 84 valence electrons. The largest absolute Gasteiger partial charge is 0.131 e. The highest BCUT2D eigenvalue weighted by atomic mass is 79.9. The van der Waals surface area contributed by atoms with Crippen molar-refractivity contribution in [2.75, 3.05) is 0 Å². The number of alkyl halides is 1. The molecule has 1 atom stereocenters. The van der Waals surface area contributed by atoms with Crippen molar-refractivity contribution in [1.29, 1.82) is 0 Å². The predicted octanol–water partition coefficient (Wildman–Crippen LogP) is 6.52. The smallest absolute Gasteiger partial charge is 0.0843 e. The minimum Gasteiger partial charge on any atom is -0.131 e. The van der Waals surface area contributed by atoms with Crippen LogP contribution < -0.4 is 0 Å². The van der Waals surface area contributed by atoms with Crippen molar-refractivity contribution < 1.29 is 0 Å². The third kappa shape index (κ3) is 2.80. The van der Waals surface area contributed by atoms with Crippen LogP contribution in [0.4, 0.5) is 0 Å². The van der Waals surface area contributed by atoms with Crippen LogP contribution in [-0.2, 0) is 0 Å². The van der Waals surface area contributed by atoms with E-state index in [2.05, 4.69) is 81.9 Å². The molecule has 0 nitrogen and oxygen atoms in total. The first-order chi connectivity index (χ1) is 7.59. The summed E-state index contributed by atoms with van der Waals surface area (Å²) >= 11 is 16.1. The number of hydrogen-bond acceptors (Lipinski definition) is 1. The van der Waals surface area contributed by atoms with Gasteiger partial charge in [-0.25, -0.2) is 0 Å². The van der Waals surface area contributed by atoms with Crippen LogP contribution in [0.2, 0.25) is 0 Å². The lowest BCUT2D eigenvalue weighted by Crippen LogP contribution is -1.90. The Morgan fingerprint density at radius 3 is 2.25 bits per heavy atom. The van der Waals surface area contributed by atoms with Crippen molar-refractivity contribution in [1.82, 2.24) is 0 Å². The van der Waals surface area contributed by atoms with E-state index < -0.39 is 0 Å². The van der Waals surface area contributed by atoms with Gasteiger partial charge in [0.15, 0.2) is 0 Å². The SMILES string of the molecule is Brc1ccccc1C(Br)c1cc(Br)c(Br)s1. The van der Waals surface area contributed by atoms with E-state index in [4.69, 9.17) is 0 Å². The highest BCUT2D eigenvalue weighted by Crippen LogP contribution is 2.42. The highest BCUT2D eigenvalue weighted by Gasteiger charge is 2.16. The van der Waals surface area contributed by atoms with Crippen LogP contribution in [0.15, 0.2) is 43.1 Å². The molecule has 0 bridgehead atoms. The Morgan fingerprint density at radius 2 is 1.69 bits per heavy atom. The normalized spacial score (nSPS) is 12.8. The van der Waals surface area contributed by atoms with Gasteiger partial charge in [-0.2, -0.15) is 0 Å². The van der Waals surface area contributed by atoms with E-state index in [1.54, 1.807) is 11.3 Å². The van der Waals surface area contributed by atoms with Crippen LogP contribution >= 0.6 is 75.1 Å². The van der Waals surface area contributed by atoms with Crippen molar-refractivity contribution in [3.63, 3.8) is 0 Å². The Kier molecular flexibility index (Phi) is 4.69. The molecule has 5 heteroatoms. The molecule has 0 saturated heterocycles. The zero-order valence-electron chi connectivity index (χ0n) is 7.88. The van der Waals surface area contributed by atoms with Gasteiger partial charge in [0.1, 0.15) is 0 Å². The molecule has 0 fully saturated rings. The van der Waals surface area contributed by atoms with E-state index in [9.17, 15) is 0 Å². The van der Waals surface area contributed by atoms with Crippen LogP contribution in [-0.4, -0.2) is 0 Å². The summed E-state index contributed by atoms with van der Waals surface area (Å²) in [5.41, 5.74) is 1.24. The van der Waals surface area contributed by atoms with Crippen LogP contribution in [0.3, 0.4) is 0 Å². The van der Waals surface area contributed by atoms with E-state index in [1.807, 2.05) is 12.1 Å². The summed E-state index contributed by atoms with van der Waals surface area (Å²) in [5, 5.41) is 0. The Labute approximate surface area is 132 Å². The molecule has 0 aliphatic heterocycles. The predicted molar refractivity (Wildman–Crippen MR) is 84.6 cm³/mol. The van der Waals surface area contributed by atoms with Crippen molar-refractivity contribution in [3.8, 4) is 0 Å². The van der Waals surface area contributed by atoms with Gasteiger partial charge in [0.2, 0.25) is 0 Å². The number of thiophene rings is 1. The van der Waals surface area contributed by atoms with Crippen LogP contribution in [0.1, 0.15) is 15.3 Å². The van der Waals surface area contributed by atoms with Gasteiger partial charge in [-0.1, -0.05) is 50.1 Å². The maximum atomic E-state index is 3.73. The Bertz CT molecular complexity index is 487. The maximum absolute atomic E-state index is 3.73. The molecule has 16 heavy (non-hydrogen) atoms. The standard InChI is InChI=1S/C11H6Br4S/c12-7-4-2-1-3-6(7)10(14)9-5-8(13)11(15)16-9/h1-5,10H. The molecule has 1 aromatic carbocycles. The lowest BCUT2D eigenvalue weighted by Gasteiger charge is -2.09. The van der Waals surface area contributed by atoms with E-state index >= 15 is 0 Å². The average Bonchev–Trinajstić information content (AvgIpc) is 2.59. The molecule has 2 rings (SSSR count). The van der Waals surface area contributed by atoms with E-state index in [0.29, 0.717) is 0 Å². The summed E-state index contributed by atoms with van der Waals surface area (Å²) in [6, 6.07) is 10.4. The molecule has 0 aliphatic rings. The molecule has 0 spiro atoms. The topological polar surface area (TPSA) is 0 Å². The molecule has 0 radical (unpaired) electrons. The number of hydrogen-bond donors (Lipinski definition) is 0. The highest BCUT2D eigenvalue weighted by molar-refractivity contribution is 9.13. The van der Waals surface area contributed by atoms with Gasteiger partial charge in [-0.3, -0.25) is 0 Å². The molecule has 0 amide bonds. The Balaban J connectivity index is 2.39. The first kappa shape index (κ1) is 13.3. The monoisotopic (exact) mass is 486 g/mol. The van der Waals surface area contributed by atoms with Crippen molar-refractivity contribution >= 4 is 75.1 Å². The van der Waals surface area contributed by atoms with Gasteiger partial charge in [0.25, 0.3) is 0 Å². The maximum Gasteiger partial charge on any atom is 0.0843 e. The fourth-order valence-electron chi connectivity index (χ4n) is 1.32. The Hall–Kier alpha value is 0.840. The van der Waals surface area contributed by atoms with Gasteiger partial charge in [0.05, 0.1) is 8.61 Å². The third-order valence-electron chi connectivity index (χ3n) is 2.09. The van der Waals surface area contributed by atoms with Crippen molar-refractivity contribution in [2.45, 2.75) is 4.83 Å². The molecular weight excluding hydrogens is 484 g/mol. The van der Waals surface area contributed by atoms with Gasteiger partial charge in [0, 0.05) is 13.8 Å². The summed E-state index contributed by atoms with van der Waals surface area (Å²) in [7, 11) is 0. The number of benzene rings is 1.